The first-order chi connectivity index (χ1) is 15.1. The number of benzene rings is 2. The molecule has 3 rings (SSSR count). The number of carbonyl (C=O) groups excluding carboxylic acids is 1. The topological polar surface area (TPSA) is 101 Å². The maximum atomic E-state index is 12.8. The standard InChI is InChI=1S/C23H30N2O5S2/c1-25(31(2,27)28)22-12-6-5-11-21(22)23(26)24-19-13-15-20(16-14-19)32(29,30)17-7-10-18-8-3-4-9-18/h5-6,11-16,18H,3-4,7-10,17H2,1-2H3,(H,24,26). The largest absolute Gasteiger partial charge is 0.322 e. The highest BCUT2D eigenvalue weighted by Crippen LogP contribution is 2.29. The molecule has 1 aliphatic rings. The minimum Gasteiger partial charge on any atom is -0.322 e. The van der Waals surface area contributed by atoms with Crippen molar-refractivity contribution in [3.8, 4) is 0 Å². The van der Waals surface area contributed by atoms with Gasteiger partial charge in [-0.3, -0.25) is 9.10 Å². The van der Waals surface area contributed by atoms with Crippen LogP contribution in [0.2, 0.25) is 0 Å². The first-order valence-corrected chi connectivity index (χ1v) is 14.2. The molecule has 1 amide bonds. The fraction of sp³-hybridized carbons (Fsp3) is 0.435. The van der Waals surface area contributed by atoms with Gasteiger partial charge in [0.05, 0.1) is 28.2 Å². The number of amides is 1. The number of nitrogens with one attached hydrogen (secondary N) is 1. The molecule has 0 spiro atoms. The molecule has 0 heterocycles. The van der Waals surface area contributed by atoms with Gasteiger partial charge in [0.2, 0.25) is 10.0 Å². The number of rotatable bonds is 9. The smallest absolute Gasteiger partial charge is 0.257 e. The van der Waals surface area contributed by atoms with Crippen LogP contribution in [0.25, 0.3) is 0 Å². The summed E-state index contributed by atoms with van der Waals surface area (Å²) in [4.78, 5) is 13.0. The highest BCUT2D eigenvalue weighted by molar-refractivity contribution is 7.92. The molecule has 0 aromatic heterocycles. The molecular formula is C23H30N2O5S2. The van der Waals surface area contributed by atoms with E-state index in [-0.39, 0.29) is 21.9 Å². The van der Waals surface area contributed by atoms with Gasteiger partial charge < -0.3 is 5.32 Å². The third-order valence-electron chi connectivity index (χ3n) is 5.96. The van der Waals surface area contributed by atoms with Crippen molar-refractivity contribution in [2.45, 2.75) is 43.4 Å². The lowest BCUT2D eigenvalue weighted by Crippen LogP contribution is -2.27. The van der Waals surface area contributed by atoms with Crippen molar-refractivity contribution < 1.29 is 21.6 Å². The molecule has 1 N–H and O–H groups in total. The molecule has 0 saturated heterocycles. The zero-order valence-corrected chi connectivity index (χ0v) is 20.1. The van der Waals surface area contributed by atoms with Gasteiger partial charge in [-0.1, -0.05) is 37.8 Å². The molecule has 9 heteroatoms. The zero-order chi connectivity index (χ0) is 23.4. The molecule has 0 aliphatic heterocycles. The second-order valence-corrected chi connectivity index (χ2v) is 12.5. The predicted molar refractivity (Wildman–Crippen MR) is 127 cm³/mol. The van der Waals surface area contributed by atoms with E-state index in [0.29, 0.717) is 18.0 Å². The number of para-hydroxylation sites is 1. The molecule has 2 aromatic carbocycles. The van der Waals surface area contributed by atoms with Crippen LogP contribution in [-0.4, -0.2) is 41.8 Å². The van der Waals surface area contributed by atoms with E-state index in [1.807, 2.05) is 0 Å². The highest BCUT2D eigenvalue weighted by atomic mass is 32.2. The van der Waals surface area contributed by atoms with Crippen molar-refractivity contribution in [2.24, 2.45) is 5.92 Å². The Labute approximate surface area is 190 Å². The van der Waals surface area contributed by atoms with E-state index in [9.17, 15) is 21.6 Å². The summed E-state index contributed by atoms with van der Waals surface area (Å²) in [5.74, 6) is 0.302. The molecule has 0 radical (unpaired) electrons. The van der Waals surface area contributed by atoms with E-state index in [0.717, 1.165) is 17.0 Å². The molecule has 0 atom stereocenters. The third-order valence-corrected chi connectivity index (χ3v) is 8.97. The third kappa shape index (κ3) is 6.10. The Morgan fingerprint density at radius 2 is 1.62 bits per heavy atom. The summed E-state index contributed by atoms with van der Waals surface area (Å²) in [6.45, 7) is 0. The SMILES string of the molecule is CN(c1ccccc1C(=O)Nc1ccc(S(=O)(=O)CCCC2CCCC2)cc1)S(C)(=O)=O. The van der Waals surface area contributed by atoms with Gasteiger partial charge in [0, 0.05) is 12.7 Å². The minimum atomic E-state index is -3.53. The molecule has 174 valence electrons. The van der Waals surface area contributed by atoms with Gasteiger partial charge in [-0.15, -0.1) is 0 Å². The normalized spacial score (nSPS) is 14.9. The first-order valence-electron chi connectivity index (χ1n) is 10.7. The van der Waals surface area contributed by atoms with Crippen LogP contribution in [-0.2, 0) is 19.9 Å². The van der Waals surface area contributed by atoms with Crippen LogP contribution in [0.4, 0.5) is 11.4 Å². The lowest BCUT2D eigenvalue weighted by atomic mass is 10.0. The van der Waals surface area contributed by atoms with E-state index in [1.54, 1.807) is 30.3 Å². The number of sulfonamides is 1. The van der Waals surface area contributed by atoms with Gasteiger partial charge in [0.15, 0.2) is 9.84 Å². The molecule has 2 aromatic rings. The molecular weight excluding hydrogens is 448 g/mol. The van der Waals surface area contributed by atoms with Crippen molar-refractivity contribution in [3.63, 3.8) is 0 Å². The van der Waals surface area contributed by atoms with Crippen molar-refractivity contribution in [3.05, 3.63) is 54.1 Å². The summed E-state index contributed by atoms with van der Waals surface area (Å²) >= 11 is 0. The van der Waals surface area contributed by atoms with Crippen LogP contribution >= 0.6 is 0 Å². The number of hydrogen-bond acceptors (Lipinski definition) is 5. The van der Waals surface area contributed by atoms with Crippen LogP contribution in [0.1, 0.15) is 48.9 Å². The van der Waals surface area contributed by atoms with Crippen LogP contribution in [0.5, 0.6) is 0 Å². The second kappa shape index (κ2) is 10.0. The lowest BCUT2D eigenvalue weighted by molar-refractivity contribution is 0.102. The van der Waals surface area contributed by atoms with Crippen molar-refractivity contribution in [1.29, 1.82) is 0 Å². The number of hydrogen-bond donors (Lipinski definition) is 1. The van der Waals surface area contributed by atoms with E-state index in [2.05, 4.69) is 5.32 Å². The minimum absolute atomic E-state index is 0.125. The zero-order valence-electron chi connectivity index (χ0n) is 18.5. The molecule has 0 bridgehead atoms. The molecule has 1 fully saturated rings. The summed E-state index contributed by atoms with van der Waals surface area (Å²) in [6.07, 6.45) is 7.59. The van der Waals surface area contributed by atoms with E-state index in [1.165, 1.54) is 50.9 Å². The Morgan fingerprint density at radius 3 is 2.25 bits per heavy atom. The predicted octanol–water partition coefficient (Wildman–Crippen LogP) is 4.08. The molecule has 1 saturated carbocycles. The second-order valence-electron chi connectivity index (χ2n) is 8.34. The van der Waals surface area contributed by atoms with E-state index < -0.39 is 25.8 Å². The van der Waals surface area contributed by atoms with Gasteiger partial charge in [-0.2, -0.15) is 0 Å². The van der Waals surface area contributed by atoms with Gasteiger partial charge >= 0.3 is 0 Å². The highest BCUT2D eigenvalue weighted by Gasteiger charge is 2.21. The fourth-order valence-corrected chi connectivity index (χ4v) is 5.89. The number of anilines is 2. The number of nitrogens with zero attached hydrogens (tertiary/aromatic N) is 1. The monoisotopic (exact) mass is 478 g/mol. The van der Waals surface area contributed by atoms with Crippen LogP contribution in [0, 0.1) is 5.92 Å². The maximum Gasteiger partial charge on any atom is 0.257 e. The van der Waals surface area contributed by atoms with Crippen LogP contribution in [0.3, 0.4) is 0 Å². The molecule has 32 heavy (non-hydrogen) atoms. The van der Waals surface area contributed by atoms with Gasteiger partial charge in [-0.25, -0.2) is 16.8 Å². The molecule has 7 nitrogen and oxygen atoms in total. The maximum absolute atomic E-state index is 12.8. The molecule has 1 aliphatic carbocycles. The van der Waals surface area contributed by atoms with Gasteiger partial charge in [-0.05, 0) is 55.2 Å². The Kier molecular flexibility index (Phi) is 7.61. The summed E-state index contributed by atoms with van der Waals surface area (Å²) in [5, 5.41) is 2.71. The van der Waals surface area contributed by atoms with Crippen LogP contribution < -0.4 is 9.62 Å². The fourth-order valence-electron chi connectivity index (χ4n) is 4.04. The summed E-state index contributed by atoms with van der Waals surface area (Å²) in [6, 6.07) is 12.5. The quantitative estimate of drug-likeness (QED) is 0.585. The van der Waals surface area contributed by atoms with Crippen LogP contribution in [0.15, 0.2) is 53.4 Å². The average Bonchev–Trinajstić information content (AvgIpc) is 3.26. The van der Waals surface area contributed by atoms with Crippen molar-refractivity contribution >= 4 is 37.1 Å². The van der Waals surface area contributed by atoms with E-state index in [4.69, 9.17) is 0 Å². The summed E-state index contributed by atoms with van der Waals surface area (Å²) < 4.78 is 50.1. The Hall–Kier alpha value is -2.39. The molecule has 0 unspecified atom stereocenters. The summed E-state index contributed by atoms with van der Waals surface area (Å²) in [5.41, 5.74) is 0.884. The van der Waals surface area contributed by atoms with Gasteiger partial charge in [0.25, 0.3) is 5.91 Å². The number of carbonyl (C=O) groups is 1. The Bertz CT molecular complexity index is 1150. The average molecular weight is 479 g/mol. The Morgan fingerprint density at radius 1 is 1.00 bits per heavy atom. The van der Waals surface area contributed by atoms with Crippen molar-refractivity contribution in [1.82, 2.24) is 0 Å². The van der Waals surface area contributed by atoms with E-state index >= 15 is 0 Å². The Balaban J connectivity index is 1.66. The van der Waals surface area contributed by atoms with Crippen molar-refractivity contribution in [2.75, 3.05) is 28.7 Å². The number of sulfone groups is 1. The van der Waals surface area contributed by atoms with Gasteiger partial charge in [0.1, 0.15) is 0 Å². The summed E-state index contributed by atoms with van der Waals surface area (Å²) in [7, 11) is -5.52. The lowest BCUT2D eigenvalue weighted by Gasteiger charge is -2.19. The first kappa shape index (κ1) is 24.3.